The Hall–Kier alpha value is -2.97. The normalized spacial score (nSPS) is 13.9. The van der Waals surface area contributed by atoms with Gasteiger partial charge in [0.05, 0.1) is 0 Å². The first-order valence-electron chi connectivity index (χ1n) is 9.00. The molecule has 0 N–H and O–H groups in total. The molecule has 3 aromatic carbocycles. The number of aryl methyl sites for hydroxylation is 1. The van der Waals surface area contributed by atoms with Gasteiger partial charge in [-0.2, -0.15) is 0 Å². The Kier molecular flexibility index (Phi) is 3.40. The molecule has 1 aliphatic heterocycles. The Morgan fingerprint density at radius 1 is 0.654 bits per heavy atom. The molecule has 1 aliphatic rings. The number of nitrogens with zero attached hydrogens (tertiary/aromatic N) is 1. The van der Waals surface area contributed by atoms with Gasteiger partial charge in [0, 0.05) is 11.5 Å². The zero-order valence-electron chi connectivity index (χ0n) is 14.7. The second-order valence-electron chi connectivity index (χ2n) is 6.93. The highest BCUT2D eigenvalue weighted by Crippen LogP contribution is 2.28. The third-order valence-electron chi connectivity index (χ3n) is 5.45. The topological polar surface area (TPSA) is 12.9 Å². The first-order valence-corrected chi connectivity index (χ1v) is 11.0. The Bertz CT molecular complexity index is 1050. The van der Waals surface area contributed by atoms with Crippen molar-refractivity contribution >= 4 is 29.0 Å². The summed E-state index contributed by atoms with van der Waals surface area (Å²) in [6.45, 7) is 2.17. The molecule has 2 heteroatoms. The van der Waals surface area contributed by atoms with E-state index in [-0.39, 0.29) is 0 Å². The van der Waals surface area contributed by atoms with Crippen molar-refractivity contribution < 1.29 is 0 Å². The van der Waals surface area contributed by atoms with E-state index in [0.717, 1.165) is 0 Å². The van der Waals surface area contributed by atoms with E-state index in [1.54, 1.807) is 0 Å². The van der Waals surface area contributed by atoms with E-state index >= 15 is 0 Å². The maximum Gasteiger partial charge on any atom is 0.203 e. The summed E-state index contributed by atoms with van der Waals surface area (Å²) in [5.74, 6) is 0. The predicted molar refractivity (Wildman–Crippen MR) is 112 cm³/mol. The second-order valence-corrected chi connectivity index (χ2v) is 10.6. The zero-order chi connectivity index (χ0) is 17.6. The Morgan fingerprint density at radius 3 is 1.96 bits per heavy atom. The molecule has 0 atom stereocenters. The fourth-order valence-electron chi connectivity index (χ4n) is 4.38. The van der Waals surface area contributed by atoms with Crippen molar-refractivity contribution in [3.63, 3.8) is 0 Å². The Balaban J connectivity index is 1.98. The molecule has 0 bridgehead atoms. The third-order valence-corrected chi connectivity index (χ3v) is 10.2. The lowest BCUT2D eigenvalue weighted by Crippen LogP contribution is -2.73. The van der Waals surface area contributed by atoms with Crippen molar-refractivity contribution in [1.82, 2.24) is 4.98 Å². The molecule has 1 nitrogen and oxygen atoms in total. The van der Waals surface area contributed by atoms with Gasteiger partial charge in [0.15, 0.2) is 0 Å². The van der Waals surface area contributed by atoms with Crippen LogP contribution in [0.3, 0.4) is 0 Å². The SMILES string of the molecule is Cc1ccc2c(c1)-c1cccnc1[Si]2(c1ccccc1)c1ccccc1. The van der Waals surface area contributed by atoms with E-state index in [1.807, 2.05) is 6.20 Å². The third kappa shape index (κ3) is 1.99. The Morgan fingerprint density at radius 2 is 1.31 bits per heavy atom. The van der Waals surface area contributed by atoms with Gasteiger partial charge in [0.1, 0.15) is 0 Å². The minimum Gasteiger partial charge on any atom is -0.264 e. The van der Waals surface area contributed by atoms with E-state index in [9.17, 15) is 0 Å². The van der Waals surface area contributed by atoms with Gasteiger partial charge in [0.2, 0.25) is 8.07 Å². The van der Waals surface area contributed by atoms with Crippen LogP contribution in [0.15, 0.2) is 97.2 Å². The molecule has 0 saturated heterocycles. The highest BCUT2D eigenvalue weighted by molar-refractivity contribution is 7.21. The van der Waals surface area contributed by atoms with Crippen LogP contribution in [0.2, 0.25) is 0 Å². The number of aromatic nitrogens is 1. The molecule has 0 unspecified atom stereocenters. The van der Waals surface area contributed by atoms with E-state index in [2.05, 4.69) is 97.9 Å². The molecular formula is C24H19NSi. The van der Waals surface area contributed by atoms with Crippen LogP contribution in [0.5, 0.6) is 0 Å². The summed E-state index contributed by atoms with van der Waals surface area (Å²) in [5, 5.41) is 5.51. The lowest BCUT2D eigenvalue weighted by atomic mass is 10.1. The molecule has 0 saturated carbocycles. The average molecular weight is 350 g/mol. The van der Waals surface area contributed by atoms with Crippen molar-refractivity contribution in [1.29, 1.82) is 0 Å². The Labute approximate surface area is 155 Å². The standard InChI is InChI=1S/C24H19NSi/c1-18-14-15-23-22(17-18)21-13-8-16-25-24(21)26(23,19-9-4-2-5-10-19)20-11-6-3-7-12-20/h2-17H,1H3. The zero-order valence-corrected chi connectivity index (χ0v) is 15.7. The van der Waals surface area contributed by atoms with Crippen LogP contribution >= 0.6 is 0 Å². The molecule has 0 radical (unpaired) electrons. The summed E-state index contributed by atoms with van der Waals surface area (Å²) in [6, 6.07) is 33.2. The minimum atomic E-state index is -2.36. The van der Waals surface area contributed by atoms with Gasteiger partial charge in [-0.05, 0) is 39.7 Å². The van der Waals surface area contributed by atoms with Crippen molar-refractivity contribution in [2.24, 2.45) is 0 Å². The second kappa shape index (κ2) is 5.79. The van der Waals surface area contributed by atoms with Gasteiger partial charge in [-0.3, -0.25) is 4.98 Å². The van der Waals surface area contributed by atoms with Crippen molar-refractivity contribution in [3.8, 4) is 11.1 Å². The summed E-state index contributed by atoms with van der Waals surface area (Å²) in [4.78, 5) is 4.97. The van der Waals surface area contributed by atoms with Crippen LogP contribution in [-0.2, 0) is 0 Å². The van der Waals surface area contributed by atoms with Crippen LogP contribution in [-0.4, -0.2) is 13.1 Å². The highest BCUT2D eigenvalue weighted by atomic mass is 28.3. The van der Waals surface area contributed by atoms with Gasteiger partial charge in [0.25, 0.3) is 0 Å². The maximum absolute atomic E-state index is 4.97. The lowest BCUT2D eigenvalue weighted by Gasteiger charge is -2.30. The van der Waals surface area contributed by atoms with Crippen LogP contribution in [0.1, 0.15) is 5.56 Å². The molecular weight excluding hydrogens is 330 g/mol. The van der Waals surface area contributed by atoms with Crippen LogP contribution in [0.4, 0.5) is 0 Å². The molecule has 124 valence electrons. The number of hydrogen-bond acceptors (Lipinski definition) is 1. The number of fused-ring (bicyclic) bond motifs is 3. The van der Waals surface area contributed by atoms with Gasteiger partial charge >= 0.3 is 0 Å². The molecule has 4 aromatic rings. The largest absolute Gasteiger partial charge is 0.264 e. The lowest BCUT2D eigenvalue weighted by molar-refractivity contribution is 1.38. The number of benzene rings is 3. The molecule has 1 aromatic heterocycles. The molecule has 2 heterocycles. The van der Waals surface area contributed by atoms with Crippen LogP contribution in [0, 0.1) is 6.92 Å². The molecule has 5 rings (SSSR count). The van der Waals surface area contributed by atoms with Gasteiger partial charge in [-0.25, -0.2) is 0 Å². The van der Waals surface area contributed by atoms with E-state index in [0.29, 0.717) is 0 Å². The quantitative estimate of drug-likeness (QED) is 0.447. The summed E-state index contributed by atoms with van der Waals surface area (Å²) in [5.41, 5.74) is 3.95. The summed E-state index contributed by atoms with van der Waals surface area (Å²) in [7, 11) is -2.36. The molecule has 0 amide bonds. The molecule has 0 fully saturated rings. The minimum absolute atomic E-state index is 1.26. The maximum atomic E-state index is 4.97. The highest BCUT2D eigenvalue weighted by Gasteiger charge is 2.49. The monoisotopic (exact) mass is 349 g/mol. The molecule has 26 heavy (non-hydrogen) atoms. The molecule has 0 aliphatic carbocycles. The summed E-state index contributed by atoms with van der Waals surface area (Å²) in [6.07, 6.45) is 1.95. The summed E-state index contributed by atoms with van der Waals surface area (Å²) >= 11 is 0. The number of pyridine rings is 1. The predicted octanol–water partition coefficient (Wildman–Crippen LogP) is 2.75. The first kappa shape index (κ1) is 15.3. The fourth-order valence-corrected chi connectivity index (χ4v) is 9.36. The van der Waals surface area contributed by atoms with Gasteiger partial charge in [-0.1, -0.05) is 90.5 Å². The van der Waals surface area contributed by atoms with Crippen molar-refractivity contribution in [3.05, 3.63) is 103 Å². The van der Waals surface area contributed by atoms with E-state index < -0.39 is 8.07 Å². The van der Waals surface area contributed by atoms with Crippen molar-refractivity contribution in [2.75, 3.05) is 0 Å². The average Bonchev–Trinajstić information content (AvgIpc) is 3.00. The fraction of sp³-hybridized carbons (Fsp3) is 0.0417. The van der Waals surface area contributed by atoms with Crippen molar-refractivity contribution in [2.45, 2.75) is 6.92 Å². The summed E-state index contributed by atoms with van der Waals surface area (Å²) < 4.78 is 0. The van der Waals surface area contributed by atoms with Gasteiger partial charge < -0.3 is 0 Å². The van der Waals surface area contributed by atoms with E-state index in [4.69, 9.17) is 4.98 Å². The van der Waals surface area contributed by atoms with Crippen LogP contribution < -0.4 is 20.9 Å². The smallest absolute Gasteiger partial charge is 0.203 e. The number of rotatable bonds is 2. The van der Waals surface area contributed by atoms with Crippen LogP contribution in [0.25, 0.3) is 11.1 Å². The van der Waals surface area contributed by atoms with E-state index in [1.165, 1.54) is 37.6 Å². The van der Waals surface area contributed by atoms with Gasteiger partial charge in [-0.15, -0.1) is 0 Å². The number of hydrogen-bond donors (Lipinski definition) is 0. The first-order chi connectivity index (χ1) is 12.8. The molecule has 0 spiro atoms.